The minimum atomic E-state index is -3.72. The summed E-state index contributed by atoms with van der Waals surface area (Å²) in [7, 11) is -2.46. The highest BCUT2D eigenvalue weighted by Gasteiger charge is 2.32. The second kappa shape index (κ2) is 8.38. The van der Waals surface area contributed by atoms with Crippen LogP contribution in [-0.4, -0.2) is 44.8 Å². The molecule has 0 bridgehead atoms. The van der Waals surface area contributed by atoms with Crippen molar-refractivity contribution >= 4 is 38.2 Å². The molecule has 1 aromatic heterocycles. The minimum absolute atomic E-state index is 0.0260. The van der Waals surface area contributed by atoms with Gasteiger partial charge in [0.15, 0.2) is 0 Å². The van der Waals surface area contributed by atoms with Crippen LogP contribution in [0.25, 0.3) is 0 Å². The molecule has 1 aliphatic rings. The zero-order chi connectivity index (χ0) is 20.3. The van der Waals surface area contributed by atoms with Crippen LogP contribution in [0.3, 0.4) is 0 Å². The highest BCUT2D eigenvalue weighted by Crippen LogP contribution is 2.28. The number of rotatable bonds is 5. The number of hydrogen-bond acceptors (Lipinski definition) is 6. The van der Waals surface area contributed by atoms with E-state index in [1.807, 2.05) is 0 Å². The van der Waals surface area contributed by atoms with Crippen molar-refractivity contribution in [2.45, 2.75) is 17.7 Å². The number of carbonyl (C=O) groups excluding carboxylic acids is 2. The van der Waals surface area contributed by atoms with Gasteiger partial charge in [-0.05, 0) is 48.6 Å². The van der Waals surface area contributed by atoms with E-state index in [2.05, 4.69) is 10.1 Å². The maximum Gasteiger partial charge on any atom is 0.340 e. The molecule has 1 amide bonds. The Morgan fingerprint density at radius 3 is 2.43 bits per heavy atom. The molecule has 3 rings (SSSR count). The van der Waals surface area contributed by atoms with Crippen molar-refractivity contribution in [3.05, 3.63) is 47.1 Å². The smallest absolute Gasteiger partial charge is 0.340 e. The maximum absolute atomic E-state index is 13.0. The third-order valence-electron chi connectivity index (χ3n) is 4.58. The lowest BCUT2D eigenvalue weighted by Gasteiger charge is -2.30. The van der Waals surface area contributed by atoms with E-state index in [0.717, 1.165) is 12.1 Å². The number of nitrogens with zero attached hydrogens (tertiary/aromatic N) is 1. The zero-order valence-electron chi connectivity index (χ0n) is 15.1. The third kappa shape index (κ3) is 4.23. The van der Waals surface area contributed by atoms with Gasteiger partial charge in [-0.2, -0.15) is 4.31 Å². The summed E-state index contributed by atoms with van der Waals surface area (Å²) in [5.74, 6) is -1.66. The largest absolute Gasteiger partial charge is 0.465 e. The van der Waals surface area contributed by atoms with E-state index in [4.69, 9.17) is 0 Å². The molecule has 0 radical (unpaired) electrons. The maximum atomic E-state index is 13.0. The number of halogens is 1. The van der Waals surface area contributed by atoms with E-state index in [0.29, 0.717) is 17.8 Å². The number of thiophene rings is 1. The van der Waals surface area contributed by atoms with Crippen molar-refractivity contribution in [1.29, 1.82) is 0 Å². The van der Waals surface area contributed by atoms with Crippen LogP contribution in [0.4, 0.5) is 9.39 Å². The van der Waals surface area contributed by atoms with Gasteiger partial charge in [0.2, 0.25) is 15.9 Å². The first-order chi connectivity index (χ1) is 13.3. The standard InChI is InChI=1S/C18H19FN2O5S2/c1-26-18(23)15-8-11-27-17(15)20-16(22)12-6-9-21(10-7-12)28(24,25)14-4-2-13(19)3-5-14/h2-5,8,11-12H,6-7,9-10H2,1H3,(H,20,22). The summed E-state index contributed by atoms with van der Waals surface area (Å²) in [6.07, 6.45) is 0.705. The van der Waals surface area contributed by atoms with Crippen molar-refractivity contribution in [1.82, 2.24) is 4.31 Å². The normalized spacial score (nSPS) is 15.9. The summed E-state index contributed by atoms with van der Waals surface area (Å²) in [5, 5.41) is 4.83. The molecule has 10 heteroatoms. The van der Waals surface area contributed by atoms with Gasteiger partial charge >= 0.3 is 5.97 Å². The highest BCUT2D eigenvalue weighted by molar-refractivity contribution is 7.89. The van der Waals surface area contributed by atoms with Gasteiger partial charge in [-0.3, -0.25) is 4.79 Å². The van der Waals surface area contributed by atoms with Gasteiger partial charge in [-0.1, -0.05) is 0 Å². The minimum Gasteiger partial charge on any atom is -0.465 e. The van der Waals surface area contributed by atoms with Crippen LogP contribution in [0.15, 0.2) is 40.6 Å². The number of anilines is 1. The third-order valence-corrected chi connectivity index (χ3v) is 7.33. The average molecular weight is 426 g/mol. The second-order valence-corrected chi connectivity index (χ2v) is 9.13. The summed E-state index contributed by atoms with van der Waals surface area (Å²) in [6.45, 7) is 0.373. The summed E-state index contributed by atoms with van der Waals surface area (Å²) in [5.41, 5.74) is 0.289. The number of piperidine rings is 1. The Bertz CT molecular complexity index is 964. The molecular weight excluding hydrogens is 407 g/mol. The molecule has 0 aliphatic carbocycles. The van der Waals surface area contributed by atoms with Crippen molar-refractivity contribution in [3.63, 3.8) is 0 Å². The van der Waals surface area contributed by atoms with Gasteiger partial charge < -0.3 is 10.1 Å². The highest BCUT2D eigenvalue weighted by atomic mass is 32.2. The molecule has 1 aliphatic heterocycles. The fraction of sp³-hybridized carbons (Fsp3) is 0.333. The molecule has 1 saturated heterocycles. The fourth-order valence-electron chi connectivity index (χ4n) is 3.00. The van der Waals surface area contributed by atoms with Crippen LogP contribution in [0.1, 0.15) is 23.2 Å². The zero-order valence-corrected chi connectivity index (χ0v) is 16.7. The molecule has 1 fully saturated rings. The molecule has 0 saturated carbocycles. The SMILES string of the molecule is COC(=O)c1ccsc1NC(=O)C1CCN(S(=O)(=O)c2ccc(F)cc2)CC1. The Balaban J connectivity index is 1.62. The van der Waals surface area contributed by atoms with E-state index in [9.17, 15) is 22.4 Å². The monoisotopic (exact) mass is 426 g/mol. The summed E-state index contributed by atoms with van der Waals surface area (Å²) < 4.78 is 44.3. The molecule has 1 N–H and O–H groups in total. The number of carbonyl (C=O) groups is 2. The molecular formula is C18H19FN2O5S2. The van der Waals surface area contributed by atoms with Crippen molar-refractivity contribution in [3.8, 4) is 0 Å². The molecule has 2 heterocycles. The first-order valence-electron chi connectivity index (χ1n) is 8.55. The van der Waals surface area contributed by atoms with Gasteiger partial charge in [0, 0.05) is 19.0 Å². The van der Waals surface area contributed by atoms with Crippen LogP contribution in [-0.2, 0) is 19.6 Å². The molecule has 7 nitrogen and oxygen atoms in total. The van der Waals surface area contributed by atoms with E-state index in [1.54, 1.807) is 11.4 Å². The van der Waals surface area contributed by atoms with E-state index >= 15 is 0 Å². The van der Waals surface area contributed by atoms with Gasteiger partial charge in [-0.15, -0.1) is 11.3 Å². The Kier molecular flexibility index (Phi) is 6.11. The number of sulfonamides is 1. The summed E-state index contributed by atoms with van der Waals surface area (Å²) in [4.78, 5) is 24.3. The average Bonchev–Trinajstić information content (AvgIpc) is 3.16. The van der Waals surface area contributed by atoms with Gasteiger partial charge in [-0.25, -0.2) is 17.6 Å². The number of ether oxygens (including phenoxy) is 1. The first kappa shape index (κ1) is 20.4. The van der Waals surface area contributed by atoms with Crippen molar-refractivity contribution in [2.75, 3.05) is 25.5 Å². The fourth-order valence-corrected chi connectivity index (χ4v) is 5.25. The Labute approximate surface area is 166 Å². The van der Waals surface area contributed by atoms with Crippen LogP contribution in [0.5, 0.6) is 0 Å². The predicted octanol–water partition coefficient (Wildman–Crippen LogP) is 2.71. The number of benzene rings is 1. The summed E-state index contributed by atoms with van der Waals surface area (Å²) in [6, 6.07) is 6.24. The van der Waals surface area contributed by atoms with Gasteiger partial charge in [0.25, 0.3) is 0 Å². The number of esters is 1. The molecule has 0 unspecified atom stereocenters. The number of nitrogens with one attached hydrogen (secondary N) is 1. The van der Waals surface area contributed by atoms with Crippen molar-refractivity contribution in [2.24, 2.45) is 5.92 Å². The predicted molar refractivity (Wildman–Crippen MR) is 102 cm³/mol. The van der Waals surface area contributed by atoms with Gasteiger partial charge in [0.05, 0.1) is 17.6 Å². The van der Waals surface area contributed by atoms with Gasteiger partial charge in [0.1, 0.15) is 10.8 Å². The molecule has 150 valence electrons. The van der Waals surface area contributed by atoms with Crippen LogP contribution in [0, 0.1) is 11.7 Å². The van der Waals surface area contributed by atoms with E-state index in [-0.39, 0.29) is 35.4 Å². The molecule has 0 spiro atoms. The summed E-state index contributed by atoms with van der Waals surface area (Å²) >= 11 is 1.22. The van der Waals surface area contributed by atoms with E-state index in [1.165, 1.54) is 34.9 Å². The first-order valence-corrected chi connectivity index (χ1v) is 10.9. The Hall–Kier alpha value is -2.30. The van der Waals surface area contributed by atoms with Crippen LogP contribution >= 0.6 is 11.3 Å². The molecule has 28 heavy (non-hydrogen) atoms. The Morgan fingerprint density at radius 1 is 1.18 bits per heavy atom. The van der Waals surface area contributed by atoms with Crippen LogP contribution in [0.2, 0.25) is 0 Å². The topological polar surface area (TPSA) is 92.8 Å². The number of hydrogen-bond donors (Lipinski definition) is 1. The second-order valence-electron chi connectivity index (χ2n) is 6.28. The number of amides is 1. The van der Waals surface area contributed by atoms with Crippen molar-refractivity contribution < 1.29 is 27.1 Å². The lowest BCUT2D eigenvalue weighted by Crippen LogP contribution is -2.41. The quantitative estimate of drug-likeness (QED) is 0.742. The Morgan fingerprint density at radius 2 is 1.82 bits per heavy atom. The van der Waals surface area contributed by atoms with E-state index < -0.39 is 21.8 Å². The molecule has 1 aromatic carbocycles. The van der Waals surface area contributed by atoms with Crippen LogP contribution < -0.4 is 5.32 Å². The number of methoxy groups -OCH3 is 1. The lowest BCUT2D eigenvalue weighted by molar-refractivity contribution is -0.120. The lowest BCUT2D eigenvalue weighted by atomic mass is 9.97. The molecule has 2 aromatic rings. The molecule has 0 atom stereocenters.